The third-order valence-electron chi connectivity index (χ3n) is 5.35. The van der Waals surface area contributed by atoms with E-state index in [0.717, 1.165) is 38.1 Å². The average molecular weight is 435 g/mol. The maximum atomic E-state index is 12.4. The van der Waals surface area contributed by atoms with Crippen LogP contribution >= 0.6 is 0 Å². The lowest BCUT2D eigenvalue weighted by atomic mass is 10.1. The second kappa shape index (κ2) is 9.54. The van der Waals surface area contributed by atoms with E-state index in [1.54, 1.807) is 24.3 Å². The second-order valence-corrected chi connectivity index (χ2v) is 7.65. The van der Waals surface area contributed by atoms with E-state index in [0.29, 0.717) is 35.0 Å². The number of aromatic nitrogens is 5. The van der Waals surface area contributed by atoms with Gasteiger partial charge in [-0.25, -0.2) is 4.98 Å². The van der Waals surface area contributed by atoms with E-state index in [1.807, 2.05) is 11.5 Å². The zero-order valence-corrected chi connectivity index (χ0v) is 17.9. The van der Waals surface area contributed by atoms with E-state index >= 15 is 0 Å². The molecular weight excluding hydrogens is 410 g/mol. The Morgan fingerprint density at radius 1 is 1.12 bits per heavy atom. The van der Waals surface area contributed by atoms with Gasteiger partial charge in [-0.2, -0.15) is 0 Å². The molecule has 1 aromatic carbocycles. The van der Waals surface area contributed by atoms with Crippen molar-refractivity contribution < 1.29 is 9.59 Å². The van der Waals surface area contributed by atoms with Crippen molar-refractivity contribution in [2.75, 3.05) is 5.32 Å². The largest absolute Gasteiger partial charge is 0.341 e. The van der Waals surface area contributed by atoms with E-state index in [4.69, 9.17) is 0 Å². The molecule has 0 saturated heterocycles. The van der Waals surface area contributed by atoms with Crippen molar-refractivity contribution in [3.63, 3.8) is 0 Å². The number of hydrogen-bond donors (Lipinski definition) is 3. The van der Waals surface area contributed by atoms with Gasteiger partial charge < -0.3 is 20.2 Å². The van der Waals surface area contributed by atoms with Crippen LogP contribution in [0.15, 0.2) is 35.1 Å². The van der Waals surface area contributed by atoms with Crippen LogP contribution in [0.2, 0.25) is 0 Å². The first-order valence-corrected chi connectivity index (χ1v) is 10.7. The average Bonchev–Trinajstić information content (AvgIpc) is 3.02. The summed E-state index contributed by atoms with van der Waals surface area (Å²) in [5.41, 5.74) is 1.47. The molecule has 1 aliphatic rings. The molecule has 0 radical (unpaired) electrons. The molecule has 3 N–H and O–H groups in total. The molecule has 0 fully saturated rings. The van der Waals surface area contributed by atoms with Crippen molar-refractivity contribution in [3.05, 3.63) is 58.0 Å². The molecule has 10 nitrogen and oxygen atoms in total. The molecule has 1 aliphatic heterocycles. The summed E-state index contributed by atoms with van der Waals surface area (Å²) < 4.78 is 2.02. The number of benzene rings is 1. The molecule has 4 rings (SSSR count). The minimum absolute atomic E-state index is 0.133. The Morgan fingerprint density at radius 3 is 2.84 bits per heavy atom. The fraction of sp³-hybridized carbons (Fsp3) is 0.364. The second-order valence-electron chi connectivity index (χ2n) is 7.65. The summed E-state index contributed by atoms with van der Waals surface area (Å²) in [6.07, 6.45) is 4.77. The Labute approximate surface area is 184 Å². The quantitative estimate of drug-likeness (QED) is 0.521. The number of aromatic amines is 1. The Bertz CT molecular complexity index is 1200. The van der Waals surface area contributed by atoms with Crippen LogP contribution in [0, 0.1) is 0 Å². The Balaban J connectivity index is 1.40. The summed E-state index contributed by atoms with van der Waals surface area (Å²) in [6, 6.07) is 8.25. The van der Waals surface area contributed by atoms with E-state index < -0.39 is 11.8 Å². The molecule has 32 heavy (non-hydrogen) atoms. The summed E-state index contributed by atoms with van der Waals surface area (Å²) in [5.74, 6) is 0.424. The molecule has 2 amide bonds. The number of fused-ring (bicyclic) bond motifs is 1. The highest BCUT2D eigenvalue weighted by atomic mass is 16.2. The number of carbonyl (C=O) groups excluding carboxylic acids is 2. The van der Waals surface area contributed by atoms with Crippen molar-refractivity contribution in [2.24, 2.45) is 0 Å². The van der Waals surface area contributed by atoms with Crippen molar-refractivity contribution in [3.8, 4) is 11.4 Å². The Kier molecular flexibility index (Phi) is 6.39. The third kappa shape index (κ3) is 4.90. The van der Waals surface area contributed by atoms with E-state index in [2.05, 4.69) is 30.8 Å². The van der Waals surface area contributed by atoms with Crippen LogP contribution < -0.4 is 16.2 Å². The van der Waals surface area contributed by atoms with Gasteiger partial charge in [-0.15, -0.1) is 10.2 Å². The van der Waals surface area contributed by atoms with Crippen LogP contribution in [0.5, 0.6) is 0 Å². The first-order valence-electron chi connectivity index (χ1n) is 10.7. The molecule has 0 saturated carbocycles. The lowest BCUT2D eigenvalue weighted by molar-refractivity contribution is -0.136. The van der Waals surface area contributed by atoms with Gasteiger partial charge >= 0.3 is 11.8 Å². The number of anilines is 1. The monoisotopic (exact) mass is 435 g/mol. The molecule has 0 unspecified atom stereocenters. The first kappa shape index (κ1) is 21.4. The highest BCUT2D eigenvalue weighted by Gasteiger charge is 2.18. The summed E-state index contributed by atoms with van der Waals surface area (Å²) >= 11 is 0. The summed E-state index contributed by atoms with van der Waals surface area (Å²) in [5, 5.41) is 13.5. The summed E-state index contributed by atoms with van der Waals surface area (Å²) in [7, 11) is 0. The Hall–Kier alpha value is -3.82. The van der Waals surface area contributed by atoms with E-state index in [-0.39, 0.29) is 12.1 Å². The normalized spacial score (nSPS) is 13.2. The zero-order chi connectivity index (χ0) is 22.5. The standard InChI is InChI=1S/C22H25N7O3/c1-2-15-12-19(30)26-20(24-15)14-7-6-8-16(11-14)25-22(32)21(31)23-13-18-28-27-17-9-4-3-5-10-29(17)18/h6-8,11-12H,2-5,9-10,13H2,1H3,(H,23,31)(H,25,32)(H,24,26,30). The molecule has 2 aromatic heterocycles. The third-order valence-corrected chi connectivity index (χ3v) is 5.35. The van der Waals surface area contributed by atoms with Gasteiger partial charge in [0, 0.05) is 36.0 Å². The number of carbonyl (C=O) groups is 2. The number of H-pyrrole nitrogens is 1. The SMILES string of the molecule is CCc1cc(=O)[nH]c(-c2cccc(NC(=O)C(=O)NCc3nnc4n3CCCCC4)c2)n1. The van der Waals surface area contributed by atoms with Gasteiger partial charge in [0.15, 0.2) is 5.82 Å². The lowest BCUT2D eigenvalue weighted by Crippen LogP contribution is -2.35. The van der Waals surface area contributed by atoms with Crippen LogP contribution in [0.25, 0.3) is 11.4 Å². The zero-order valence-electron chi connectivity index (χ0n) is 17.9. The highest BCUT2D eigenvalue weighted by Crippen LogP contribution is 2.19. The van der Waals surface area contributed by atoms with Crippen LogP contribution in [-0.4, -0.2) is 36.5 Å². The van der Waals surface area contributed by atoms with Crippen molar-refractivity contribution in [2.45, 2.75) is 52.1 Å². The van der Waals surface area contributed by atoms with Gasteiger partial charge in [0.05, 0.1) is 6.54 Å². The maximum Gasteiger partial charge on any atom is 0.313 e. The molecule has 3 heterocycles. The number of rotatable bonds is 5. The van der Waals surface area contributed by atoms with Crippen LogP contribution in [0.1, 0.15) is 43.5 Å². The van der Waals surface area contributed by atoms with Gasteiger partial charge in [-0.1, -0.05) is 25.5 Å². The van der Waals surface area contributed by atoms with Crippen LogP contribution in [-0.2, 0) is 35.5 Å². The number of aryl methyl sites for hydroxylation is 2. The number of nitrogens with zero attached hydrogens (tertiary/aromatic N) is 4. The van der Waals surface area contributed by atoms with Crippen molar-refractivity contribution >= 4 is 17.5 Å². The fourth-order valence-electron chi connectivity index (χ4n) is 3.67. The minimum Gasteiger partial charge on any atom is -0.341 e. The van der Waals surface area contributed by atoms with Gasteiger partial charge in [0.25, 0.3) is 5.56 Å². The molecule has 0 spiro atoms. The Morgan fingerprint density at radius 2 is 2.00 bits per heavy atom. The number of amides is 2. The van der Waals surface area contributed by atoms with Crippen LogP contribution in [0.3, 0.4) is 0 Å². The highest BCUT2D eigenvalue weighted by molar-refractivity contribution is 6.39. The minimum atomic E-state index is -0.790. The van der Waals surface area contributed by atoms with E-state index in [9.17, 15) is 14.4 Å². The van der Waals surface area contributed by atoms with Crippen molar-refractivity contribution in [1.29, 1.82) is 0 Å². The smallest absolute Gasteiger partial charge is 0.313 e. The van der Waals surface area contributed by atoms with Gasteiger partial charge in [0.1, 0.15) is 11.6 Å². The number of nitrogens with one attached hydrogen (secondary N) is 3. The fourth-order valence-corrected chi connectivity index (χ4v) is 3.67. The van der Waals surface area contributed by atoms with Gasteiger partial charge in [0.2, 0.25) is 0 Å². The molecule has 0 aliphatic carbocycles. The molecule has 0 atom stereocenters. The van der Waals surface area contributed by atoms with Gasteiger partial charge in [-0.05, 0) is 31.4 Å². The van der Waals surface area contributed by atoms with E-state index in [1.165, 1.54) is 6.07 Å². The topological polar surface area (TPSA) is 135 Å². The maximum absolute atomic E-state index is 12.4. The predicted molar refractivity (Wildman–Crippen MR) is 118 cm³/mol. The molecule has 3 aromatic rings. The number of hydrogen-bond acceptors (Lipinski definition) is 6. The summed E-state index contributed by atoms with van der Waals surface area (Å²) in [6.45, 7) is 2.87. The molecule has 10 heteroatoms. The molecule has 0 bridgehead atoms. The predicted octanol–water partition coefficient (Wildman–Crippen LogP) is 1.57. The van der Waals surface area contributed by atoms with Crippen molar-refractivity contribution in [1.82, 2.24) is 30.0 Å². The molecule has 166 valence electrons. The summed E-state index contributed by atoms with van der Waals surface area (Å²) in [4.78, 5) is 43.7. The van der Waals surface area contributed by atoms with Crippen LogP contribution in [0.4, 0.5) is 5.69 Å². The first-order chi connectivity index (χ1) is 15.5. The lowest BCUT2D eigenvalue weighted by Gasteiger charge is -2.09. The van der Waals surface area contributed by atoms with Gasteiger partial charge in [-0.3, -0.25) is 14.4 Å². The molecular formula is C22H25N7O3.